The van der Waals surface area contributed by atoms with E-state index in [0.29, 0.717) is 5.82 Å². The van der Waals surface area contributed by atoms with E-state index in [9.17, 15) is 8.42 Å². The summed E-state index contributed by atoms with van der Waals surface area (Å²) < 4.78 is 27.8. The Bertz CT molecular complexity index is 1060. The second-order valence-electron chi connectivity index (χ2n) is 6.46. The van der Waals surface area contributed by atoms with Gasteiger partial charge in [0.1, 0.15) is 5.82 Å². The number of benzene rings is 2. The van der Waals surface area contributed by atoms with E-state index in [0.717, 1.165) is 27.9 Å². The number of rotatable bonds is 4. The van der Waals surface area contributed by atoms with Crippen molar-refractivity contribution < 1.29 is 8.42 Å². The summed E-state index contributed by atoms with van der Waals surface area (Å²) in [5.41, 5.74) is 6.17. The highest BCUT2D eigenvalue weighted by molar-refractivity contribution is 7.92. The molecule has 0 aliphatic heterocycles. The lowest BCUT2D eigenvalue weighted by atomic mass is 9.96. The van der Waals surface area contributed by atoms with Crippen LogP contribution in [0, 0.1) is 27.7 Å². The van der Waals surface area contributed by atoms with E-state index in [1.54, 1.807) is 36.4 Å². The summed E-state index contributed by atoms with van der Waals surface area (Å²) in [4.78, 5) is 4.84. The van der Waals surface area contributed by atoms with Crippen molar-refractivity contribution in [3.63, 3.8) is 0 Å². The van der Waals surface area contributed by atoms with Gasteiger partial charge < -0.3 is 0 Å². The molecule has 4 nitrogen and oxygen atoms in total. The number of anilines is 1. The standard InChI is InChI=1S/C21H22N2O2S/c1-14-9-8-12-19(16(14)3)21-17(4)15(2)13-20(22-21)23-26(24,25)18-10-6-5-7-11-18/h5-13H,1-4H3,(H,22,23). The molecule has 3 aromatic rings. The number of hydrogen-bond donors (Lipinski definition) is 1. The molecule has 0 aliphatic carbocycles. The fraction of sp³-hybridized carbons (Fsp3) is 0.190. The van der Waals surface area contributed by atoms with Gasteiger partial charge in [0.15, 0.2) is 0 Å². The molecule has 5 heteroatoms. The zero-order valence-corrected chi connectivity index (χ0v) is 16.2. The monoisotopic (exact) mass is 366 g/mol. The molecule has 2 aromatic carbocycles. The summed E-state index contributed by atoms with van der Waals surface area (Å²) in [5.74, 6) is 0.327. The highest BCUT2D eigenvalue weighted by atomic mass is 32.2. The Balaban J connectivity index is 2.08. The van der Waals surface area contributed by atoms with E-state index in [1.165, 1.54) is 5.56 Å². The van der Waals surface area contributed by atoms with Crippen LogP contribution in [0.3, 0.4) is 0 Å². The molecule has 0 fully saturated rings. The molecule has 0 bridgehead atoms. The van der Waals surface area contributed by atoms with Crippen LogP contribution in [0.2, 0.25) is 0 Å². The van der Waals surface area contributed by atoms with Crippen LogP contribution in [0.4, 0.5) is 5.82 Å². The summed E-state index contributed by atoms with van der Waals surface area (Å²) in [5, 5.41) is 0. The Morgan fingerprint density at radius 3 is 2.19 bits per heavy atom. The van der Waals surface area contributed by atoms with Gasteiger partial charge in [-0.1, -0.05) is 36.4 Å². The van der Waals surface area contributed by atoms with Gasteiger partial charge in [-0.3, -0.25) is 4.72 Å². The molecule has 0 spiro atoms. The minimum absolute atomic E-state index is 0.216. The van der Waals surface area contributed by atoms with Gasteiger partial charge in [-0.2, -0.15) is 0 Å². The second kappa shape index (κ2) is 6.92. The first-order chi connectivity index (χ1) is 12.3. The van der Waals surface area contributed by atoms with Crippen LogP contribution in [0.15, 0.2) is 59.5 Å². The maximum atomic E-state index is 12.6. The largest absolute Gasteiger partial charge is 0.263 e. The van der Waals surface area contributed by atoms with Crippen molar-refractivity contribution in [1.29, 1.82) is 0 Å². The fourth-order valence-corrected chi connectivity index (χ4v) is 3.87. The predicted octanol–water partition coefficient (Wildman–Crippen LogP) is 4.78. The first kappa shape index (κ1) is 18.1. The van der Waals surface area contributed by atoms with Gasteiger partial charge in [0, 0.05) is 5.56 Å². The zero-order valence-electron chi connectivity index (χ0n) is 15.4. The molecule has 0 aliphatic rings. The van der Waals surface area contributed by atoms with E-state index >= 15 is 0 Å². The number of aryl methyl sites for hydroxylation is 2. The molecule has 0 saturated heterocycles. The first-order valence-corrected chi connectivity index (χ1v) is 9.90. The summed E-state index contributed by atoms with van der Waals surface area (Å²) in [6.07, 6.45) is 0. The van der Waals surface area contributed by atoms with Crippen molar-refractivity contribution in [1.82, 2.24) is 4.98 Å². The molecule has 0 unspecified atom stereocenters. The molecule has 3 rings (SSSR count). The molecule has 26 heavy (non-hydrogen) atoms. The molecule has 134 valence electrons. The number of sulfonamides is 1. The van der Waals surface area contributed by atoms with Gasteiger partial charge >= 0.3 is 0 Å². The third kappa shape index (κ3) is 3.48. The maximum absolute atomic E-state index is 12.6. The normalized spacial score (nSPS) is 11.4. The molecule has 0 saturated carbocycles. The van der Waals surface area contributed by atoms with Crippen LogP contribution in [0.25, 0.3) is 11.3 Å². The van der Waals surface area contributed by atoms with Crippen molar-refractivity contribution >= 4 is 15.8 Å². The van der Waals surface area contributed by atoms with Crippen LogP contribution in [-0.2, 0) is 10.0 Å². The lowest BCUT2D eigenvalue weighted by Gasteiger charge is -2.15. The average Bonchev–Trinajstić information content (AvgIpc) is 2.61. The molecule has 1 heterocycles. The molecule has 1 aromatic heterocycles. The van der Waals surface area contributed by atoms with E-state index in [-0.39, 0.29) is 4.90 Å². The van der Waals surface area contributed by atoms with Gasteiger partial charge in [0.25, 0.3) is 10.0 Å². The topological polar surface area (TPSA) is 59.1 Å². The van der Waals surface area contributed by atoms with Crippen LogP contribution in [-0.4, -0.2) is 13.4 Å². The summed E-state index contributed by atoms with van der Waals surface area (Å²) in [6, 6.07) is 16.2. The Kier molecular flexibility index (Phi) is 4.83. The minimum Gasteiger partial charge on any atom is -0.263 e. The predicted molar refractivity (Wildman–Crippen MR) is 106 cm³/mol. The third-order valence-electron chi connectivity index (χ3n) is 4.68. The van der Waals surface area contributed by atoms with Gasteiger partial charge in [0.2, 0.25) is 0 Å². The van der Waals surface area contributed by atoms with Gasteiger partial charge in [-0.25, -0.2) is 13.4 Å². The SMILES string of the molecule is Cc1cccc(-c2nc(NS(=O)(=O)c3ccccc3)cc(C)c2C)c1C. The van der Waals surface area contributed by atoms with Gasteiger partial charge in [0.05, 0.1) is 10.6 Å². The summed E-state index contributed by atoms with van der Waals surface area (Å²) in [7, 11) is -3.67. The number of nitrogens with zero attached hydrogens (tertiary/aromatic N) is 1. The fourth-order valence-electron chi connectivity index (χ4n) is 2.86. The smallest absolute Gasteiger partial charge is 0.263 e. The number of pyridine rings is 1. The van der Waals surface area contributed by atoms with Crippen molar-refractivity contribution in [2.45, 2.75) is 32.6 Å². The summed E-state index contributed by atoms with van der Waals surface area (Å²) in [6.45, 7) is 8.09. The Morgan fingerprint density at radius 1 is 0.808 bits per heavy atom. The van der Waals surface area contributed by atoms with Crippen LogP contribution >= 0.6 is 0 Å². The lowest BCUT2D eigenvalue weighted by Crippen LogP contribution is -2.14. The number of nitrogens with one attached hydrogen (secondary N) is 1. The quantitative estimate of drug-likeness (QED) is 0.723. The number of hydrogen-bond acceptors (Lipinski definition) is 3. The molecule has 1 N–H and O–H groups in total. The molecule has 0 atom stereocenters. The van der Waals surface area contributed by atoms with E-state index in [2.05, 4.69) is 29.6 Å². The van der Waals surface area contributed by atoms with Crippen LogP contribution < -0.4 is 4.72 Å². The molecular formula is C21H22N2O2S. The van der Waals surface area contributed by atoms with Crippen molar-refractivity contribution in [3.05, 3.63) is 76.9 Å². The van der Waals surface area contributed by atoms with Gasteiger partial charge in [-0.15, -0.1) is 0 Å². The maximum Gasteiger partial charge on any atom is 0.263 e. The second-order valence-corrected chi connectivity index (χ2v) is 8.15. The highest BCUT2D eigenvalue weighted by Gasteiger charge is 2.17. The van der Waals surface area contributed by atoms with Crippen LogP contribution in [0.1, 0.15) is 22.3 Å². The minimum atomic E-state index is -3.67. The van der Waals surface area contributed by atoms with E-state index in [4.69, 9.17) is 0 Å². The molecule has 0 radical (unpaired) electrons. The lowest BCUT2D eigenvalue weighted by molar-refractivity contribution is 0.601. The Hall–Kier alpha value is -2.66. The first-order valence-electron chi connectivity index (χ1n) is 8.42. The summed E-state index contributed by atoms with van der Waals surface area (Å²) >= 11 is 0. The molecule has 0 amide bonds. The van der Waals surface area contributed by atoms with Crippen molar-refractivity contribution in [2.24, 2.45) is 0 Å². The zero-order chi connectivity index (χ0) is 18.9. The van der Waals surface area contributed by atoms with Crippen molar-refractivity contribution in [3.8, 4) is 11.3 Å². The average molecular weight is 366 g/mol. The van der Waals surface area contributed by atoms with Crippen molar-refractivity contribution in [2.75, 3.05) is 4.72 Å². The van der Waals surface area contributed by atoms with E-state index < -0.39 is 10.0 Å². The third-order valence-corrected chi connectivity index (χ3v) is 6.06. The molecular weight excluding hydrogens is 344 g/mol. The highest BCUT2D eigenvalue weighted by Crippen LogP contribution is 2.30. The Morgan fingerprint density at radius 2 is 1.50 bits per heavy atom. The van der Waals surface area contributed by atoms with Crippen LogP contribution in [0.5, 0.6) is 0 Å². The van der Waals surface area contributed by atoms with E-state index in [1.807, 2.05) is 26.0 Å². The Labute approximate surface area is 155 Å². The van der Waals surface area contributed by atoms with Gasteiger partial charge in [-0.05, 0) is 68.1 Å². The number of aromatic nitrogens is 1.